The van der Waals surface area contributed by atoms with Crippen LogP contribution < -0.4 is 4.74 Å². The molecule has 0 bridgehead atoms. The van der Waals surface area contributed by atoms with E-state index < -0.39 is 0 Å². The molecule has 0 saturated heterocycles. The van der Waals surface area contributed by atoms with E-state index >= 15 is 0 Å². The van der Waals surface area contributed by atoms with Gasteiger partial charge in [0.1, 0.15) is 12.4 Å². The van der Waals surface area contributed by atoms with E-state index in [1.807, 2.05) is 24.3 Å². The Hall–Kier alpha value is -2.37. The molecule has 2 aromatic rings. The molecule has 0 spiro atoms. The Morgan fingerprint density at radius 2 is 2.17 bits per heavy atom. The van der Waals surface area contributed by atoms with Crippen molar-refractivity contribution >= 4 is 5.91 Å². The average Bonchev–Trinajstić information content (AvgIpc) is 2.99. The maximum absolute atomic E-state index is 12.7. The molecule has 0 fully saturated rings. The minimum absolute atomic E-state index is 0.0353. The molecule has 1 aromatic carbocycles. The van der Waals surface area contributed by atoms with E-state index in [4.69, 9.17) is 9.26 Å². The fourth-order valence-corrected chi connectivity index (χ4v) is 2.88. The van der Waals surface area contributed by atoms with Crippen LogP contribution in [0.1, 0.15) is 31.1 Å². The lowest BCUT2D eigenvalue weighted by atomic mass is 9.95. The number of aromatic nitrogens is 2. The summed E-state index contributed by atoms with van der Waals surface area (Å²) in [5, 5.41) is 3.96. The first kappa shape index (κ1) is 16.5. The first-order valence-corrected chi connectivity index (χ1v) is 8.30. The number of nitrogens with zero attached hydrogens (tertiary/aromatic N) is 3. The van der Waals surface area contributed by atoms with Crippen LogP contribution in [0.5, 0.6) is 5.75 Å². The zero-order valence-corrected chi connectivity index (χ0v) is 14.4. The Morgan fingerprint density at radius 1 is 1.38 bits per heavy atom. The number of hydrogen-bond acceptors (Lipinski definition) is 5. The zero-order chi connectivity index (χ0) is 17.1. The minimum Gasteiger partial charge on any atom is -0.492 e. The number of benzene rings is 1. The number of fused-ring (bicyclic) bond motifs is 1. The lowest BCUT2D eigenvalue weighted by molar-refractivity contribution is -0.136. The number of hydrogen-bond donors (Lipinski definition) is 0. The maximum atomic E-state index is 12.7. The van der Waals surface area contributed by atoms with E-state index in [-0.39, 0.29) is 11.8 Å². The number of rotatable bonds is 5. The Balaban J connectivity index is 1.60. The van der Waals surface area contributed by atoms with Crippen molar-refractivity contribution in [2.24, 2.45) is 11.8 Å². The van der Waals surface area contributed by atoms with E-state index in [1.165, 1.54) is 0 Å². The lowest BCUT2D eigenvalue weighted by Crippen LogP contribution is -2.38. The van der Waals surface area contributed by atoms with Crippen molar-refractivity contribution in [2.45, 2.75) is 33.2 Å². The molecular formula is C18H23N3O3. The summed E-state index contributed by atoms with van der Waals surface area (Å²) in [5.74, 6) is 2.36. The second-order valence-corrected chi connectivity index (χ2v) is 6.72. The topological polar surface area (TPSA) is 68.5 Å². The second-order valence-electron chi connectivity index (χ2n) is 6.72. The van der Waals surface area contributed by atoms with E-state index in [9.17, 15) is 4.79 Å². The molecule has 1 aliphatic rings. The third kappa shape index (κ3) is 3.75. The first-order chi connectivity index (χ1) is 11.5. The summed E-state index contributed by atoms with van der Waals surface area (Å²) in [6.07, 6.45) is 1.47. The van der Waals surface area contributed by atoms with E-state index in [2.05, 4.69) is 24.0 Å². The molecule has 0 radical (unpaired) electrons. The third-order valence-electron chi connectivity index (χ3n) is 4.08. The van der Waals surface area contributed by atoms with Crippen LogP contribution in [0.25, 0.3) is 0 Å². The normalized spacial score (nSPS) is 16.6. The van der Waals surface area contributed by atoms with Crippen LogP contribution in [0, 0.1) is 11.8 Å². The Kier molecular flexibility index (Phi) is 4.83. The van der Waals surface area contributed by atoms with Gasteiger partial charge in [0.25, 0.3) is 0 Å². The van der Waals surface area contributed by atoms with Gasteiger partial charge in [0, 0.05) is 13.5 Å². The Labute approximate surface area is 141 Å². The molecular weight excluding hydrogens is 306 g/mol. The van der Waals surface area contributed by atoms with E-state index in [1.54, 1.807) is 11.9 Å². The molecule has 0 N–H and O–H groups in total. The van der Waals surface area contributed by atoms with Crippen LogP contribution in [-0.2, 0) is 24.2 Å². The van der Waals surface area contributed by atoms with Crippen molar-refractivity contribution in [3.8, 4) is 5.75 Å². The Morgan fingerprint density at radius 3 is 2.96 bits per heavy atom. The van der Waals surface area contributed by atoms with Gasteiger partial charge in [-0.05, 0) is 24.0 Å². The van der Waals surface area contributed by atoms with Gasteiger partial charge >= 0.3 is 0 Å². The zero-order valence-electron chi connectivity index (χ0n) is 14.4. The average molecular weight is 329 g/mol. The minimum atomic E-state index is -0.178. The quantitative estimate of drug-likeness (QED) is 0.843. The summed E-state index contributed by atoms with van der Waals surface area (Å²) >= 11 is 0. The van der Waals surface area contributed by atoms with Crippen molar-refractivity contribution in [2.75, 3.05) is 13.7 Å². The fraction of sp³-hybridized carbons (Fsp3) is 0.500. The van der Waals surface area contributed by atoms with Gasteiger partial charge in [-0.2, -0.15) is 4.98 Å². The lowest BCUT2D eigenvalue weighted by Gasteiger charge is -2.27. The number of ether oxygens (including phenoxy) is 1. The van der Waals surface area contributed by atoms with Crippen LogP contribution in [0.2, 0.25) is 0 Å². The first-order valence-electron chi connectivity index (χ1n) is 8.30. The molecule has 6 nitrogen and oxygen atoms in total. The molecule has 24 heavy (non-hydrogen) atoms. The molecule has 1 unspecified atom stereocenters. The number of carbonyl (C=O) groups is 1. The summed E-state index contributed by atoms with van der Waals surface area (Å²) in [6, 6.07) is 7.85. The van der Waals surface area contributed by atoms with Gasteiger partial charge in [0.2, 0.25) is 11.8 Å². The van der Waals surface area contributed by atoms with Gasteiger partial charge in [-0.15, -0.1) is 0 Å². The van der Waals surface area contributed by atoms with Crippen molar-refractivity contribution in [1.29, 1.82) is 0 Å². The summed E-state index contributed by atoms with van der Waals surface area (Å²) < 4.78 is 11.0. The van der Waals surface area contributed by atoms with Crippen molar-refractivity contribution in [3.05, 3.63) is 41.5 Å². The highest BCUT2D eigenvalue weighted by Crippen LogP contribution is 2.27. The number of carbonyl (C=O) groups excluding carboxylic acids is 1. The van der Waals surface area contributed by atoms with Crippen LogP contribution >= 0.6 is 0 Å². The second kappa shape index (κ2) is 7.03. The van der Waals surface area contributed by atoms with Crippen molar-refractivity contribution in [3.63, 3.8) is 0 Å². The Bertz CT molecular complexity index is 711. The molecule has 3 rings (SSSR count). The summed E-state index contributed by atoms with van der Waals surface area (Å²) in [4.78, 5) is 18.6. The molecule has 1 atom stereocenters. The van der Waals surface area contributed by atoms with Crippen molar-refractivity contribution < 1.29 is 14.1 Å². The molecule has 0 saturated carbocycles. The van der Waals surface area contributed by atoms with Crippen LogP contribution in [0.15, 0.2) is 28.8 Å². The SMILES string of the molecule is CC(C)Cc1noc(CN(C)C(=O)C2COc3ccccc3C2)n1. The number of para-hydroxylation sites is 1. The van der Waals surface area contributed by atoms with Gasteiger partial charge in [-0.25, -0.2) is 0 Å². The van der Waals surface area contributed by atoms with Crippen LogP contribution in [0.4, 0.5) is 0 Å². The standard InChI is InChI=1S/C18H23N3O3/c1-12(2)8-16-19-17(24-20-16)10-21(3)18(22)14-9-13-6-4-5-7-15(13)23-11-14/h4-7,12,14H,8-11H2,1-3H3. The van der Waals surface area contributed by atoms with Gasteiger partial charge < -0.3 is 14.2 Å². The van der Waals surface area contributed by atoms with E-state index in [0.717, 1.165) is 17.7 Å². The third-order valence-corrected chi connectivity index (χ3v) is 4.08. The van der Waals surface area contributed by atoms with Gasteiger partial charge in [0.15, 0.2) is 5.82 Å². The molecule has 1 aromatic heterocycles. The summed E-state index contributed by atoms with van der Waals surface area (Å²) in [5.41, 5.74) is 1.08. The highest BCUT2D eigenvalue weighted by Gasteiger charge is 2.28. The predicted octanol–water partition coefficient (Wildman–Crippen LogP) is 2.48. The number of amides is 1. The maximum Gasteiger partial charge on any atom is 0.246 e. The van der Waals surface area contributed by atoms with E-state index in [0.29, 0.717) is 37.2 Å². The molecule has 0 aliphatic carbocycles. The highest BCUT2D eigenvalue weighted by molar-refractivity contribution is 5.79. The summed E-state index contributed by atoms with van der Waals surface area (Å²) in [7, 11) is 1.76. The molecule has 6 heteroatoms. The van der Waals surface area contributed by atoms with Crippen molar-refractivity contribution in [1.82, 2.24) is 15.0 Å². The van der Waals surface area contributed by atoms with Gasteiger partial charge in [0.05, 0.1) is 12.5 Å². The highest BCUT2D eigenvalue weighted by atomic mass is 16.5. The summed E-state index contributed by atoms with van der Waals surface area (Å²) in [6.45, 7) is 4.93. The molecule has 128 valence electrons. The largest absolute Gasteiger partial charge is 0.492 e. The predicted molar refractivity (Wildman–Crippen MR) is 88.4 cm³/mol. The van der Waals surface area contributed by atoms with Crippen LogP contribution in [0.3, 0.4) is 0 Å². The van der Waals surface area contributed by atoms with Gasteiger partial charge in [-0.1, -0.05) is 37.2 Å². The molecule has 2 heterocycles. The smallest absolute Gasteiger partial charge is 0.246 e. The molecule has 1 amide bonds. The monoisotopic (exact) mass is 329 g/mol. The van der Waals surface area contributed by atoms with Crippen LogP contribution in [-0.4, -0.2) is 34.6 Å². The van der Waals surface area contributed by atoms with Gasteiger partial charge in [-0.3, -0.25) is 4.79 Å². The fourth-order valence-electron chi connectivity index (χ4n) is 2.88. The molecule has 1 aliphatic heterocycles.